The van der Waals surface area contributed by atoms with Crippen LogP contribution in [0.25, 0.3) is 0 Å². The zero-order valence-electron chi connectivity index (χ0n) is 11.0. The predicted molar refractivity (Wildman–Crippen MR) is 72.9 cm³/mol. The monoisotopic (exact) mass is 259 g/mol. The maximum atomic E-state index is 10.7. The molecule has 19 heavy (non-hydrogen) atoms. The minimum atomic E-state index is -0.479. The molecule has 1 aromatic carbocycles. The van der Waals surface area contributed by atoms with Gasteiger partial charge in [0.25, 0.3) is 5.69 Å². The van der Waals surface area contributed by atoms with Crippen molar-refractivity contribution in [3.05, 3.63) is 33.9 Å². The van der Waals surface area contributed by atoms with Crippen molar-refractivity contribution in [3.8, 4) is 6.07 Å². The molecule has 1 N–H and O–H groups in total. The SMILES string of the molecule is CC1(Nc2ccc([N+](=O)[O-])cc2C#N)CCCCC1. The minimum absolute atomic E-state index is 0.0139. The van der Waals surface area contributed by atoms with Gasteiger partial charge in [-0.25, -0.2) is 0 Å². The van der Waals surface area contributed by atoms with Gasteiger partial charge in [0.1, 0.15) is 6.07 Å². The minimum Gasteiger partial charge on any atom is -0.379 e. The molecule has 0 atom stereocenters. The lowest BCUT2D eigenvalue weighted by molar-refractivity contribution is -0.384. The molecule has 0 aliphatic heterocycles. The lowest BCUT2D eigenvalue weighted by Gasteiger charge is -2.35. The summed E-state index contributed by atoms with van der Waals surface area (Å²) in [5.74, 6) is 0. The average molecular weight is 259 g/mol. The van der Waals surface area contributed by atoms with Gasteiger partial charge in [-0.1, -0.05) is 19.3 Å². The van der Waals surface area contributed by atoms with Crippen molar-refractivity contribution < 1.29 is 4.92 Å². The summed E-state index contributed by atoms with van der Waals surface area (Å²) in [5.41, 5.74) is 0.967. The number of hydrogen-bond acceptors (Lipinski definition) is 4. The molecule has 0 spiro atoms. The summed E-state index contributed by atoms with van der Waals surface area (Å²) in [6.45, 7) is 2.15. The first-order valence-electron chi connectivity index (χ1n) is 6.51. The highest BCUT2D eigenvalue weighted by Gasteiger charge is 2.27. The second kappa shape index (κ2) is 5.27. The molecule has 1 fully saturated rings. The van der Waals surface area contributed by atoms with Gasteiger partial charge in [0.05, 0.1) is 16.2 Å². The number of benzene rings is 1. The normalized spacial score (nSPS) is 17.5. The van der Waals surface area contributed by atoms with Crippen LogP contribution in [0.2, 0.25) is 0 Å². The van der Waals surface area contributed by atoms with Crippen molar-refractivity contribution in [1.29, 1.82) is 5.26 Å². The van der Waals surface area contributed by atoms with Crippen LogP contribution in [-0.2, 0) is 0 Å². The van der Waals surface area contributed by atoms with Crippen LogP contribution in [0.3, 0.4) is 0 Å². The maximum Gasteiger partial charge on any atom is 0.270 e. The Hall–Kier alpha value is -2.09. The van der Waals surface area contributed by atoms with E-state index < -0.39 is 4.92 Å². The van der Waals surface area contributed by atoms with Crippen LogP contribution in [0.1, 0.15) is 44.6 Å². The van der Waals surface area contributed by atoms with E-state index >= 15 is 0 Å². The molecule has 1 saturated carbocycles. The van der Waals surface area contributed by atoms with Gasteiger partial charge in [0.15, 0.2) is 0 Å². The Kier molecular flexibility index (Phi) is 3.70. The van der Waals surface area contributed by atoms with Gasteiger partial charge in [-0.15, -0.1) is 0 Å². The Morgan fingerprint density at radius 2 is 2.05 bits per heavy atom. The molecular weight excluding hydrogens is 242 g/mol. The van der Waals surface area contributed by atoms with Crippen molar-refractivity contribution in [2.75, 3.05) is 5.32 Å². The Bertz CT molecular complexity index is 528. The van der Waals surface area contributed by atoms with E-state index in [0.29, 0.717) is 11.3 Å². The molecule has 0 saturated heterocycles. The van der Waals surface area contributed by atoms with Crippen molar-refractivity contribution in [1.82, 2.24) is 0 Å². The molecule has 1 aliphatic carbocycles. The van der Waals surface area contributed by atoms with Crippen LogP contribution in [0.15, 0.2) is 18.2 Å². The first-order valence-corrected chi connectivity index (χ1v) is 6.51. The van der Waals surface area contributed by atoms with Gasteiger partial charge < -0.3 is 5.32 Å². The third-order valence-corrected chi connectivity index (χ3v) is 3.73. The van der Waals surface area contributed by atoms with Crippen LogP contribution in [0.5, 0.6) is 0 Å². The molecule has 1 aromatic rings. The van der Waals surface area contributed by atoms with Gasteiger partial charge >= 0.3 is 0 Å². The van der Waals surface area contributed by atoms with E-state index in [1.54, 1.807) is 6.07 Å². The first-order chi connectivity index (χ1) is 9.04. The lowest BCUT2D eigenvalue weighted by Crippen LogP contribution is -2.37. The fourth-order valence-electron chi connectivity index (χ4n) is 2.63. The number of hydrogen-bond donors (Lipinski definition) is 1. The van der Waals surface area contributed by atoms with Crippen LogP contribution in [0.4, 0.5) is 11.4 Å². The molecule has 2 rings (SSSR count). The fraction of sp³-hybridized carbons (Fsp3) is 0.500. The number of nitrogens with one attached hydrogen (secondary N) is 1. The zero-order chi connectivity index (χ0) is 13.9. The zero-order valence-corrected chi connectivity index (χ0v) is 11.0. The molecule has 0 radical (unpaired) electrons. The summed E-state index contributed by atoms with van der Waals surface area (Å²) in [6, 6.07) is 6.43. The Labute approximate surface area is 112 Å². The molecule has 0 amide bonds. The molecule has 1 aliphatic rings. The largest absolute Gasteiger partial charge is 0.379 e. The van der Waals surface area contributed by atoms with E-state index in [9.17, 15) is 10.1 Å². The van der Waals surface area contributed by atoms with E-state index in [1.165, 1.54) is 31.4 Å². The van der Waals surface area contributed by atoms with E-state index in [2.05, 4.69) is 12.2 Å². The molecule has 0 unspecified atom stereocenters. The standard InChI is InChI=1S/C14H17N3O2/c1-14(7-3-2-4-8-14)16-13-6-5-12(17(18)19)9-11(13)10-15/h5-6,9,16H,2-4,7-8H2,1H3. The maximum absolute atomic E-state index is 10.7. The lowest BCUT2D eigenvalue weighted by atomic mass is 9.83. The number of non-ortho nitro benzene ring substituents is 1. The third-order valence-electron chi connectivity index (χ3n) is 3.73. The number of anilines is 1. The van der Waals surface area contributed by atoms with Crippen molar-refractivity contribution in [2.45, 2.75) is 44.6 Å². The summed E-state index contributed by atoms with van der Waals surface area (Å²) in [7, 11) is 0. The number of rotatable bonds is 3. The number of nitro groups is 1. The van der Waals surface area contributed by atoms with Gasteiger partial charge in [-0.05, 0) is 25.8 Å². The van der Waals surface area contributed by atoms with E-state index in [0.717, 1.165) is 12.8 Å². The van der Waals surface area contributed by atoms with Gasteiger partial charge in [0.2, 0.25) is 0 Å². The number of nitriles is 1. The highest BCUT2D eigenvalue weighted by atomic mass is 16.6. The Morgan fingerprint density at radius 3 is 2.63 bits per heavy atom. The molecule has 0 bridgehead atoms. The topological polar surface area (TPSA) is 79.0 Å². The van der Waals surface area contributed by atoms with Crippen LogP contribution < -0.4 is 5.32 Å². The highest BCUT2D eigenvalue weighted by Crippen LogP contribution is 2.33. The second-order valence-electron chi connectivity index (χ2n) is 5.35. The van der Waals surface area contributed by atoms with E-state index in [4.69, 9.17) is 5.26 Å². The highest BCUT2D eigenvalue weighted by molar-refractivity contribution is 5.62. The quantitative estimate of drug-likeness (QED) is 0.664. The van der Waals surface area contributed by atoms with Crippen LogP contribution in [-0.4, -0.2) is 10.5 Å². The average Bonchev–Trinajstić information content (AvgIpc) is 2.39. The third kappa shape index (κ3) is 3.02. The van der Waals surface area contributed by atoms with Crippen molar-refractivity contribution >= 4 is 11.4 Å². The second-order valence-corrected chi connectivity index (χ2v) is 5.35. The first kappa shape index (κ1) is 13.3. The molecule has 5 heteroatoms. The number of nitrogens with zero attached hydrogens (tertiary/aromatic N) is 2. The Balaban J connectivity index is 2.25. The smallest absolute Gasteiger partial charge is 0.270 e. The van der Waals surface area contributed by atoms with Crippen LogP contribution in [0, 0.1) is 21.4 Å². The summed E-state index contributed by atoms with van der Waals surface area (Å²) in [5, 5.41) is 23.2. The molecule has 0 heterocycles. The Morgan fingerprint density at radius 1 is 1.37 bits per heavy atom. The fourth-order valence-corrected chi connectivity index (χ4v) is 2.63. The summed E-state index contributed by atoms with van der Waals surface area (Å²) < 4.78 is 0. The summed E-state index contributed by atoms with van der Waals surface area (Å²) in [4.78, 5) is 10.2. The van der Waals surface area contributed by atoms with Gasteiger partial charge in [-0.2, -0.15) is 5.26 Å². The van der Waals surface area contributed by atoms with Crippen LogP contribution >= 0.6 is 0 Å². The van der Waals surface area contributed by atoms with E-state index in [-0.39, 0.29) is 11.2 Å². The van der Waals surface area contributed by atoms with Gasteiger partial charge in [-0.3, -0.25) is 10.1 Å². The van der Waals surface area contributed by atoms with Crippen molar-refractivity contribution in [3.63, 3.8) is 0 Å². The molecule has 0 aromatic heterocycles. The summed E-state index contributed by atoms with van der Waals surface area (Å²) in [6.07, 6.45) is 5.74. The summed E-state index contributed by atoms with van der Waals surface area (Å²) >= 11 is 0. The van der Waals surface area contributed by atoms with Crippen molar-refractivity contribution in [2.24, 2.45) is 0 Å². The predicted octanol–water partition coefficient (Wildman–Crippen LogP) is 3.60. The molecular formula is C14H17N3O2. The number of nitro benzene ring substituents is 1. The van der Waals surface area contributed by atoms with Gasteiger partial charge in [0, 0.05) is 17.7 Å². The molecule has 100 valence electrons. The van der Waals surface area contributed by atoms with E-state index in [1.807, 2.05) is 6.07 Å². The molecule has 5 nitrogen and oxygen atoms in total.